The van der Waals surface area contributed by atoms with Crippen molar-refractivity contribution in [3.8, 4) is 11.5 Å². The van der Waals surface area contributed by atoms with E-state index in [2.05, 4.69) is 41.1 Å². The first-order valence-electron chi connectivity index (χ1n) is 10.8. The Labute approximate surface area is 174 Å². The Morgan fingerprint density at radius 2 is 1.93 bits per heavy atom. The fourth-order valence-electron chi connectivity index (χ4n) is 4.64. The molecule has 2 aliphatic heterocycles. The summed E-state index contributed by atoms with van der Waals surface area (Å²) in [5.74, 6) is 2.33. The Morgan fingerprint density at radius 3 is 2.66 bits per heavy atom. The molecule has 29 heavy (non-hydrogen) atoms. The van der Waals surface area contributed by atoms with Crippen LogP contribution in [-0.4, -0.2) is 49.4 Å². The second-order valence-corrected chi connectivity index (χ2v) is 8.33. The molecule has 3 heterocycles. The van der Waals surface area contributed by atoms with Gasteiger partial charge in [-0.15, -0.1) is 0 Å². The molecule has 5 nitrogen and oxygen atoms in total. The maximum absolute atomic E-state index is 6.12. The lowest BCUT2D eigenvalue weighted by atomic mass is 9.72. The standard InChI is InChI=1S/C24H32N2O3/c1-2-12-28-22-7-5-20(6-8-22)16-26-17-21(18-29-23-4-3-11-25-15-23)24(19-26)9-13-27-14-10-24/h3-8,11,15,21H,2,9-10,12-14,16-19H2,1H3. The molecule has 2 fully saturated rings. The number of benzene rings is 1. The van der Waals surface area contributed by atoms with Gasteiger partial charge in [0.15, 0.2) is 0 Å². The molecule has 0 N–H and O–H groups in total. The average Bonchev–Trinajstić information content (AvgIpc) is 3.09. The number of hydrogen-bond acceptors (Lipinski definition) is 5. The van der Waals surface area contributed by atoms with Crippen molar-refractivity contribution in [1.82, 2.24) is 9.88 Å². The monoisotopic (exact) mass is 396 g/mol. The minimum absolute atomic E-state index is 0.296. The molecule has 0 saturated carbocycles. The van der Waals surface area contributed by atoms with Crippen LogP contribution in [0.2, 0.25) is 0 Å². The van der Waals surface area contributed by atoms with Gasteiger partial charge in [0.1, 0.15) is 11.5 Å². The molecule has 0 aliphatic carbocycles. The van der Waals surface area contributed by atoms with Crippen molar-refractivity contribution in [1.29, 1.82) is 0 Å². The van der Waals surface area contributed by atoms with Crippen molar-refractivity contribution < 1.29 is 14.2 Å². The summed E-state index contributed by atoms with van der Waals surface area (Å²) in [6.07, 6.45) is 6.85. The van der Waals surface area contributed by atoms with Crippen LogP contribution >= 0.6 is 0 Å². The summed E-state index contributed by atoms with van der Waals surface area (Å²) in [5.41, 5.74) is 1.63. The fourth-order valence-corrected chi connectivity index (χ4v) is 4.64. The van der Waals surface area contributed by atoms with E-state index in [1.807, 2.05) is 12.1 Å². The van der Waals surface area contributed by atoms with Crippen LogP contribution < -0.4 is 9.47 Å². The predicted molar refractivity (Wildman–Crippen MR) is 113 cm³/mol. The highest BCUT2D eigenvalue weighted by atomic mass is 16.5. The van der Waals surface area contributed by atoms with Crippen LogP contribution in [0, 0.1) is 11.3 Å². The summed E-state index contributed by atoms with van der Waals surface area (Å²) < 4.78 is 17.5. The highest BCUT2D eigenvalue weighted by Crippen LogP contribution is 2.44. The summed E-state index contributed by atoms with van der Waals surface area (Å²) in [6.45, 7) is 8.52. The van der Waals surface area contributed by atoms with Crippen LogP contribution in [-0.2, 0) is 11.3 Å². The molecule has 0 radical (unpaired) electrons. The zero-order valence-corrected chi connectivity index (χ0v) is 17.4. The van der Waals surface area contributed by atoms with Crippen LogP contribution in [0.4, 0.5) is 0 Å². The smallest absolute Gasteiger partial charge is 0.137 e. The van der Waals surface area contributed by atoms with E-state index in [0.717, 1.165) is 76.8 Å². The summed E-state index contributed by atoms with van der Waals surface area (Å²) in [6, 6.07) is 12.5. The molecule has 4 rings (SSSR count). The largest absolute Gasteiger partial charge is 0.494 e. The van der Waals surface area contributed by atoms with Gasteiger partial charge >= 0.3 is 0 Å². The third-order valence-corrected chi connectivity index (χ3v) is 6.26. The first-order chi connectivity index (χ1) is 14.3. The van der Waals surface area contributed by atoms with Crippen LogP contribution in [0.1, 0.15) is 31.7 Å². The molecule has 2 aromatic rings. The van der Waals surface area contributed by atoms with Crippen molar-refractivity contribution in [2.24, 2.45) is 11.3 Å². The number of aromatic nitrogens is 1. The van der Waals surface area contributed by atoms with E-state index in [1.165, 1.54) is 5.56 Å². The summed E-state index contributed by atoms with van der Waals surface area (Å²) in [5, 5.41) is 0. The lowest BCUT2D eigenvalue weighted by Gasteiger charge is -2.38. The number of likely N-dealkylation sites (tertiary alicyclic amines) is 1. The lowest BCUT2D eigenvalue weighted by molar-refractivity contribution is -0.00943. The molecule has 1 aromatic heterocycles. The van der Waals surface area contributed by atoms with Crippen molar-refractivity contribution in [2.45, 2.75) is 32.7 Å². The normalized spacial score (nSPS) is 21.3. The topological polar surface area (TPSA) is 43.8 Å². The molecule has 1 spiro atoms. The van der Waals surface area contributed by atoms with Crippen LogP contribution in [0.25, 0.3) is 0 Å². The third kappa shape index (κ3) is 5.09. The highest BCUT2D eigenvalue weighted by Gasteiger charge is 2.47. The van der Waals surface area contributed by atoms with E-state index in [1.54, 1.807) is 12.4 Å². The predicted octanol–water partition coefficient (Wildman–Crippen LogP) is 4.18. The third-order valence-electron chi connectivity index (χ3n) is 6.26. The molecule has 156 valence electrons. The van der Waals surface area contributed by atoms with E-state index >= 15 is 0 Å². The zero-order chi connectivity index (χ0) is 19.9. The van der Waals surface area contributed by atoms with Crippen molar-refractivity contribution >= 4 is 0 Å². The molecule has 1 unspecified atom stereocenters. The molecule has 1 aromatic carbocycles. The number of ether oxygens (including phenoxy) is 3. The summed E-state index contributed by atoms with van der Waals surface area (Å²) >= 11 is 0. The SMILES string of the molecule is CCCOc1ccc(CN2CC(COc3cccnc3)C3(CCOCC3)C2)cc1. The first kappa shape index (κ1) is 20.2. The molecule has 0 amide bonds. The van der Waals surface area contributed by atoms with Gasteiger partial charge in [-0.2, -0.15) is 0 Å². The van der Waals surface area contributed by atoms with Crippen molar-refractivity contribution in [2.75, 3.05) is 39.5 Å². The second kappa shape index (κ2) is 9.59. The minimum Gasteiger partial charge on any atom is -0.494 e. The van der Waals surface area contributed by atoms with Gasteiger partial charge < -0.3 is 14.2 Å². The Hall–Kier alpha value is -2.11. The van der Waals surface area contributed by atoms with Gasteiger partial charge in [-0.05, 0) is 54.5 Å². The number of rotatable bonds is 8. The number of pyridine rings is 1. The van der Waals surface area contributed by atoms with Gasteiger partial charge in [-0.25, -0.2) is 0 Å². The van der Waals surface area contributed by atoms with E-state index in [-0.39, 0.29) is 0 Å². The fraction of sp³-hybridized carbons (Fsp3) is 0.542. The van der Waals surface area contributed by atoms with Crippen molar-refractivity contribution in [3.63, 3.8) is 0 Å². The molecule has 1 atom stereocenters. The quantitative estimate of drug-likeness (QED) is 0.670. The number of nitrogens with zero attached hydrogens (tertiary/aromatic N) is 2. The van der Waals surface area contributed by atoms with Gasteiger partial charge in [0, 0.05) is 45.0 Å². The molecule has 2 aliphatic rings. The zero-order valence-electron chi connectivity index (χ0n) is 17.4. The summed E-state index contributed by atoms with van der Waals surface area (Å²) in [4.78, 5) is 6.75. The van der Waals surface area contributed by atoms with Gasteiger partial charge in [0.05, 0.1) is 19.4 Å². The highest BCUT2D eigenvalue weighted by molar-refractivity contribution is 5.27. The molecular weight excluding hydrogens is 364 g/mol. The van der Waals surface area contributed by atoms with Gasteiger partial charge in [-0.3, -0.25) is 9.88 Å². The Kier molecular flexibility index (Phi) is 6.67. The van der Waals surface area contributed by atoms with Gasteiger partial charge in [0.25, 0.3) is 0 Å². The molecular formula is C24H32N2O3. The second-order valence-electron chi connectivity index (χ2n) is 8.33. The first-order valence-corrected chi connectivity index (χ1v) is 10.8. The van der Waals surface area contributed by atoms with E-state index in [4.69, 9.17) is 14.2 Å². The van der Waals surface area contributed by atoms with Crippen molar-refractivity contribution in [3.05, 3.63) is 54.4 Å². The average molecular weight is 397 g/mol. The Morgan fingerprint density at radius 1 is 1.10 bits per heavy atom. The number of hydrogen-bond donors (Lipinski definition) is 0. The molecule has 5 heteroatoms. The Balaban J connectivity index is 1.39. The van der Waals surface area contributed by atoms with Gasteiger partial charge in [0.2, 0.25) is 0 Å². The van der Waals surface area contributed by atoms with E-state index in [0.29, 0.717) is 11.3 Å². The maximum atomic E-state index is 6.12. The molecule has 2 saturated heterocycles. The van der Waals surface area contributed by atoms with E-state index in [9.17, 15) is 0 Å². The molecule has 0 bridgehead atoms. The maximum Gasteiger partial charge on any atom is 0.137 e. The summed E-state index contributed by atoms with van der Waals surface area (Å²) in [7, 11) is 0. The lowest BCUT2D eigenvalue weighted by Crippen LogP contribution is -2.39. The van der Waals surface area contributed by atoms with Crippen LogP contribution in [0.15, 0.2) is 48.8 Å². The Bertz CT molecular complexity index is 744. The van der Waals surface area contributed by atoms with Crippen LogP contribution in [0.3, 0.4) is 0 Å². The van der Waals surface area contributed by atoms with Gasteiger partial charge in [-0.1, -0.05) is 19.1 Å². The van der Waals surface area contributed by atoms with E-state index < -0.39 is 0 Å². The van der Waals surface area contributed by atoms with Crippen LogP contribution in [0.5, 0.6) is 11.5 Å². The minimum atomic E-state index is 0.296.